The number of hydrogen-bond donors (Lipinski definition) is 9. The number of carbonyl (C=O) groups is 6. The number of rotatable bonds is 40. The lowest BCUT2D eigenvalue weighted by Crippen LogP contribution is -2.74. The topological polar surface area (TPSA) is 270 Å². The van der Waals surface area contributed by atoms with Crippen LogP contribution in [0.25, 0.3) is 0 Å². The normalized spacial score (nSPS) is 17.0. The highest BCUT2D eigenvalue weighted by Crippen LogP contribution is 2.66. The molecule has 51 heteroatoms. The monoisotopic (exact) mass is 1560 g/mol. The molecule has 0 aromatic heterocycles. The van der Waals surface area contributed by atoms with Gasteiger partial charge in [0.15, 0.2) is 6.10 Å². The maximum atomic E-state index is 14.8. The van der Waals surface area contributed by atoms with Gasteiger partial charge in [-0.05, 0) is 43.4 Å². The molecule has 0 saturated carbocycles. The van der Waals surface area contributed by atoms with Crippen molar-refractivity contribution < 1.29 is 213 Å². The molecule has 0 aromatic carbocycles. The van der Waals surface area contributed by atoms with Crippen molar-refractivity contribution in [3.63, 3.8) is 0 Å². The Labute approximate surface area is 537 Å². The number of halogens is 34. The molecule has 0 bridgehead atoms. The lowest BCUT2D eigenvalue weighted by molar-refractivity contribution is -0.461. The van der Waals surface area contributed by atoms with E-state index in [4.69, 9.17) is 5.11 Å². The van der Waals surface area contributed by atoms with Crippen LogP contribution in [0.3, 0.4) is 0 Å². The summed E-state index contributed by atoms with van der Waals surface area (Å²) in [6.45, 7) is 1.01. The van der Waals surface area contributed by atoms with E-state index in [2.05, 4.69) is 14.8 Å². The van der Waals surface area contributed by atoms with E-state index in [1.165, 1.54) is 46.9 Å². The summed E-state index contributed by atoms with van der Waals surface area (Å²) in [4.78, 5) is 80.2. The van der Waals surface area contributed by atoms with Gasteiger partial charge in [-0.1, -0.05) is 41.5 Å². The molecule has 0 aliphatic heterocycles. The minimum atomic E-state index is -9.13. The van der Waals surface area contributed by atoms with E-state index in [9.17, 15) is 198 Å². The SMILES string of the molecule is CC(C)C[C@H](NC(=O)[C@H](CC(C)C)NC(=O)[C@H](CC(C)C)NC(=O)[C@H](O)[C@@H](O)[C@H](O)[C@H](O)CO)C(=O)NC(CCC(=O)OCCC(F)(F)C(F)(F)C(F)(F)C(F)(F)C(F)(F)C(F)(F)C(F)(F)C(F)(F)F)C(=O)OCCC(F)(F)C(F)(F)C(F)(F)C(F)(F)C(F)(F)C(F)(F)C(F)(F)C(F)(F)F. The first-order chi connectivity index (χ1) is 44.1. The highest BCUT2D eigenvalue weighted by Gasteiger charge is 2.97. The summed E-state index contributed by atoms with van der Waals surface area (Å²) in [5.41, 5.74) is 0. The van der Waals surface area contributed by atoms with E-state index < -0.39 is 262 Å². The van der Waals surface area contributed by atoms with Crippen LogP contribution in [-0.4, -0.2) is 225 Å². The summed E-state index contributed by atoms with van der Waals surface area (Å²) in [6.07, 6.45) is -38.8. The first-order valence-electron chi connectivity index (χ1n) is 27.4. The lowest BCUT2D eigenvalue weighted by Gasteiger charge is -2.42. The zero-order chi connectivity index (χ0) is 80.1. The Morgan fingerprint density at radius 1 is 0.340 bits per heavy atom. The molecule has 100 heavy (non-hydrogen) atoms. The number of amides is 4. The maximum absolute atomic E-state index is 14.8. The Kier molecular flexibility index (Phi) is 30.2. The van der Waals surface area contributed by atoms with E-state index in [0.717, 1.165) is 0 Å². The molecule has 0 aliphatic rings. The van der Waals surface area contributed by atoms with Gasteiger partial charge in [0, 0.05) is 6.42 Å². The van der Waals surface area contributed by atoms with Crippen LogP contribution in [0.5, 0.6) is 0 Å². The molecule has 590 valence electrons. The summed E-state index contributed by atoms with van der Waals surface area (Å²) in [5.74, 6) is -135. The second-order valence-electron chi connectivity index (χ2n) is 23.0. The molecule has 8 atom stereocenters. The predicted octanol–water partition coefficient (Wildman–Crippen LogP) is 9.17. The third-order valence-corrected chi connectivity index (χ3v) is 13.7. The van der Waals surface area contributed by atoms with Crippen LogP contribution in [0.2, 0.25) is 0 Å². The Hall–Kier alpha value is -5.76. The second-order valence-corrected chi connectivity index (χ2v) is 23.0. The van der Waals surface area contributed by atoms with Gasteiger partial charge in [0.25, 0.3) is 5.91 Å². The van der Waals surface area contributed by atoms with Gasteiger partial charge < -0.3 is 56.3 Å². The van der Waals surface area contributed by atoms with Crippen LogP contribution >= 0.6 is 0 Å². The van der Waals surface area contributed by atoms with Crippen LogP contribution in [-0.2, 0) is 38.2 Å². The lowest BCUT2D eigenvalue weighted by atomic mass is 9.88. The number of nitrogens with one attached hydrogen (secondary N) is 4. The van der Waals surface area contributed by atoms with Gasteiger partial charge in [-0.3, -0.25) is 24.0 Å². The van der Waals surface area contributed by atoms with Crippen LogP contribution in [0.15, 0.2) is 0 Å². The molecule has 17 nitrogen and oxygen atoms in total. The fourth-order valence-corrected chi connectivity index (χ4v) is 7.82. The summed E-state index contributed by atoms with van der Waals surface area (Å²) in [5, 5.41) is 56.5. The molecule has 0 rings (SSSR count). The fourth-order valence-electron chi connectivity index (χ4n) is 7.82. The van der Waals surface area contributed by atoms with Gasteiger partial charge >= 0.3 is 107 Å². The second kappa shape index (κ2) is 32.1. The molecule has 1 unspecified atom stereocenters. The maximum Gasteiger partial charge on any atom is 0.460 e. The molecule has 0 radical (unpaired) electrons. The first kappa shape index (κ1) is 94.2. The number of alkyl halides is 34. The Morgan fingerprint density at radius 3 is 0.860 bits per heavy atom. The molecule has 4 amide bonds. The third-order valence-electron chi connectivity index (χ3n) is 13.7. The van der Waals surface area contributed by atoms with Crippen molar-refractivity contribution in [2.24, 2.45) is 17.8 Å². The molecular weight excluding hydrogens is 1500 g/mol. The van der Waals surface area contributed by atoms with E-state index in [1.807, 2.05) is 10.6 Å². The standard InChI is InChI=1S/C49H58F34N4O13/c1-17(2)13-21(85-30(95)22(14-18(3)4)86-31(96)23(15-19(5)6)87-32(97)28(93)27(92)26(91)24(89)16-88)29(94)84-20(33(98)100-12-10-35(52,53)37(56,57)39(60,61)41(64,65)43(68,69)45(72,73)47(76,77)49(81,82)83)7-8-25(90)99-11-9-34(50,51)36(54,55)38(58,59)40(62,63)42(66,67)44(70,71)46(74,75)48(78,79)80/h17-24,26-28,88-89,91-93H,7-16H2,1-6H3,(H,84,94)(H,85,95)(H,86,96)(H,87,97)/t20?,21-,22-,23-,24+,26+,27-,28+/m0/s1. The molecule has 0 saturated heterocycles. The van der Waals surface area contributed by atoms with Gasteiger partial charge in [0.05, 0.1) is 32.7 Å². The minimum absolute atomic E-state index is 0.437. The number of ether oxygens (including phenoxy) is 2. The van der Waals surface area contributed by atoms with Crippen molar-refractivity contribution in [3.8, 4) is 0 Å². The number of esters is 2. The van der Waals surface area contributed by atoms with Gasteiger partial charge in [0.1, 0.15) is 42.5 Å². The molecule has 9 N–H and O–H groups in total. The van der Waals surface area contributed by atoms with E-state index in [0.29, 0.717) is 0 Å². The summed E-state index contributed by atoms with van der Waals surface area (Å²) >= 11 is 0. The van der Waals surface area contributed by atoms with Gasteiger partial charge in [-0.15, -0.1) is 0 Å². The van der Waals surface area contributed by atoms with E-state index in [1.54, 1.807) is 0 Å². The molecule has 0 aromatic rings. The largest absolute Gasteiger partial charge is 0.465 e. The third kappa shape index (κ3) is 19.0. The highest BCUT2D eigenvalue weighted by atomic mass is 19.4. The van der Waals surface area contributed by atoms with E-state index >= 15 is 0 Å². The van der Waals surface area contributed by atoms with Crippen LogP contribution in [0.4, 0.5) is 149 Å². The molecular formula is C49H58F34N4O13. The highest BCUT2D eigenvalue weighted by molar-refractivity contribution is 5.95. The van der Waals surface area contributed by atoms with Gasteiger partial charge in [-0.2, -0.15) is 149 Å². The van der Waals surface area contributed by atoms with Crippen LogP contribution in [0, 0.1) is 17.8 Å². The number of hydrogen-bond acceptors (Lipinski definition) is 13. The van der Waals surface area contributed by atoms with Crippen molar-refractivity contribution in [2.45, 2.75) is 230 Å². The van der Waals surface area contributed by atoms with Crippen LogP contribution < -0.4 is 21.3 Å². The quantitative estimate of drug-likeness (QED) is 0.0205. The van der Waals surface area contributed by atoms with Gasteiger partial charge in [-0.25, -0.2) is 4.79 Å². The first-order valence-corrected chi connectivity index (χ1v) is 27.4. The van der Waals surface area contributed by atoms with Crippen molar-refractivity contribution in [1.82, 2.24) is 21.3 Å². The Morgan fingerprint density at radius 2 is 0.590 bits per heavy atom. The number of carbonyl (C=O) groups excluding carboxylic acids is 6. The van der Waals surface area contributed by atoms with Crippen LogP contribution in [0.1, 0.15) is 86.5 Å². The molecule has 0 heterocycles. The van der Waals surface area contributed by atoms with Crippen molar-refractivity contribution >= 4 is 35.6 Å². The minimum Gasteiger partial charge on any atom is -0.465 e. The van der Waals surface area contributed by atoms with Crippen molar-refractivity contribution in [3.05, 3.63) is 0 Å². The zero-order valence-electron chi connectivity index (χ0n) is 50.8. The smallest absolute Gasteiger partial charge is 0.460 e. The fraction of sp³-hybridized carbons (Fsp3) is 0.878. The van der Waals surface area contributed by atoms with Gasteiger partial charge in [0.2, 0.25) is 17.7 Å². The average molecular weight is 1560 g/mol. The van der Waals surface area contributed by atoms with Crippen molar-refractivity contribution in [2.75, 3.05) is 19.8 Å². The van der Waals surface area contributed by atoms with Crippen molar-refractivity contribution in [1.29, 1.82) is 0 Å². The summed E-state index contributed by atoms with van der Waals surface area (Å²) < 4.78 is 478. The Balaban J connectivity index is 7.59. The molecule has 0 spiro atoms. The summed E-state index contributed by atoms with van der Waals surface area (Å²) in [6, 6.07) is -9.21. The predicted molar refractivity (Wildman–Crippen MR) is 259 cm³/mol. The van der Waals surface area contributed by atoms with E-state index in [-0.39, 0.29) is 0 Å². The number of aliphatic hydroxyl groups is 5. The number of aliphatic hydroxyl groups excluding tert-OH is 5. The zero-order valence-corrected chi connectivity index (χ0v) is 50.8. The average Bonchev–Trinajstić information content (AvgIpc) is 0.702. The summed E-state index contributed by atoms with van der Waals surface area (Å²) in [7, 11) is 0. The Bertz CT molecular complexity index is 2770. The molecule has 0 fully saturated rings. The molecule has 0 aliphatic carbocycles.